The lowest BCUT2D eigenvalue weighted by Gasteiger charge is -2.10. The first-order valence-corrected chi connectivity index (χ1v) is 5.53. The molecule has 4 nitrogen and oxygen atoms in total. The summed E-state index contributed by atoms with van der Waals surface area (Å²) in [6, 6.07) is 6.57. The Balaban J connectivity index is 2.92. The van der Waals surface area contributed by atoms with Gasteiger partial charge in [0.2, 0.25) is 0 Å². The van der Waals surface area contributed by atoms with Gasteiger partial charge in [0.15, 0.2) is 11.2 Å². The molecule has 0 fully saturated rings. The molecule has 0 amide bonds. The summed E-state index contributed by atoms with van der Waals surface area (Å²) < 4.78 is 9.71. The lowest BCUT2D eigenvalue weighted by atomic mass is 10.1. The zero-order chi connectivity index (χ0) is 12.8. The summed E-state index contributed by atoms with van der Waals surface area (Å²) in [5, 5.41) is -1.34. The molecule has 1 aromatic rings. The van der Waals surface area contributed by atoms with Crippen molar-refractivity contribution in [1.82, 2.24) is 0 Å². The van der Waals surface area contributed by atoms with E-state index in [1.54, 1.807) is 31.2 Å². The van der Waals surface area contributed by atoms with Crippen LogP contribution < -0.4 is 4.74 Å². The number of carbonyl (C=O) groups is 2. The van der Waals surface area contributed by atoms with Crippen molar-refractivity contribution in [3.8, 4) is 5.75 Å². The van der Waals surface area contributed by atoms with Gasteiger partial charge in [0.1, 0.15) is 5.75 Å². The van der Waals surface area contributed by atoms with Crippen molar-refractivity contribution in [2.45, 2.75) is 12.3 Å². The zero-order valence-corrected chi connectivity index (χ0v) is 10.4. The number of para-hydroxylation sites is 1. The van der Waals surface area contributed by atoms with Crippen LogP contribution in [-0.4, -0.2) is 30.8 Å². The van der Waals surface area contributed by atoms with Crippen LogP contribution in [0.1, 0.15) is 17.3 Å². The van der Waals surface area contributed by atoms with Crippen LogP contribution in [0, 0.1) is 0 Å². The fraction of sp³-hybridized carbons (Fsp3) is 0.333. The van der Waals surface area contributed by atoms with E-state index >= 15 is 0 Å². The van der Waals surface area contributed by atoms with Gasteiger partial charge in [-0.3, -0.25) is 4.79 Å². The number of ketones is 1. The largest absolute Gasteiger partial charge is 0.496 e. The highest BCUT2D eigenvalue weighted by atomic mass is 35.5. The molecule has 0 spiro atoms. The Hall–Kier alpha value is -1.55. The molecule has 0 saturated heterocycles. The Morgan fingerprint density at radius 3 is 2.59 bits per heavy atom. The minimum Gasteiger partial charge on any atom is -0.496 e. The van der Waals surface area contributed by atoms with E-state index in [0.29, 0.717) is 5.75 Å². The van der Waals surface area contributed by atoms with Gasteiger partial charge in [-0.15, -0.1) is 11.6 Å². The predicted molar refractivity (Wildman–Crippen MR) is 63.6 cm³/mol. The minimum atomic E-state index is -1.34. The molecule has 17 heavy (non-hydrogen) atoms. The van der Waals surface area contributed by atoms with Crippen LogP contribution in [0.3, 0.4) is 0 Å². The van der Waals surface area contributed by atoms with E-state index in [4.69, 9.17) is 16.3 Å². The Morgan fingerprint density at radius 2 is 2.00 bits per heavy atom. The monoisotopic (exact) mass is 256 g/mol. The summed E-state index contributed by atoms with van der Waals surface area (Å²) >= 11 is 5.74. The number of methoxy groups -OCH3 is 1. The number of carbonyl (C=O) groups excluding carboxylic acids is 2. The lowest BCUT2D eigenvalue weighted by molar-refractivity contribution is -0.141. The van der Waals surface area contributed by atoms with Crippen molar-refractivity contribution >= 4 is 23.4 Å². The Kier molecular flexibility index (Phi) is 4.97. The number of hydrogen-bond acceptors (Lipinski definition) is 4. The van der Waals surface area contributed by atoms with E-state index < -0.39 is 17.1 Å². The minimum absolute atomic E-state index is 0.182. The maximum atomic E-state index is 11.9. The van der Waals surface area contributed by atoms with Crippen molar-refractivity contribution in [3.63, 3.8) is 0 Å². The summed E-state index contributed by atoms with van der Waals surface area (Å²) in [4.78, 5) is 23.3. The van der Waals surface area contributed by atoms with Gasteiger partial charge in [0, 0.05) is 0 Å². The number of benzene rings is 1. The van der Waals surface area contributed by atoms with Crippen LogP contribution >= 0.6 is 11.6 Å². The van der Waals surface area contributed by atoms with Crippen LogP contribution in [0.2, 0.25) is 0 Å². The topological polar surface area (TPSA) is 52.6 Å². The highest BCUT2D eigenvalue weighted by Gasteiger charge is 2.28. The lowest BCUT2D eigenvalue weighted by Crippen LogP contribution is -2.27. The van der Waals surface area contributed by atoms with E-state index in [1.165, 1.54) is 7.11 Å². The Labute approximate surface area is 104 Å². The van der Waals surface area contributed by atoms with Crippen LogP contribution in [0.15, 0.2) is 24.3 Å². The molecule has 1 rings (SSSR count). The van der Waals surface area contributed by atoms with Crippen LogP contribution in [-0.2, 0) is 9.53 Å². The standard InChI is InChI=1S/C12H13ClO4/c1-3-17-12(15)10(13)11(14)8-6-4-5-7-9(8)16-2/h4-7,10H,3H2,1-2H3. The fourth-order valence-corrected chi connectivity index (χ4v) is 1.49. The summed E-state index contributed by atoms with van der Waals surface area (Å²) in [6.45, 7) is 1.83. The van der Waals surface area contributed by atoms with Gasteiger partial charge >= 0.3 is 5.97 Å². The van der Waals surface area contributed by atoms with Crippen molar-refractivity contribution in [1.29, 1.82) is 0 Å². The van der Waals surface area contributed by atoms with E-state index in [9.17, 15) is 9.59 Å². The van der Waals surface area contributed by atoms with E-state index in [-0.39, 0.29) is 12.2 Å². The molecule has 0 saturated carbocycles. The van der Waals surface area contributed by atoms with E-state index in [2.05, 4.69) is 4.74 Å². The molecule has 92 valence electrons. The first kappa shape index (κ1) is 13.5. The molecule has 0 bridgehead atoms. The molecule has 1 aromatic carbocycles. The smallest absolute Gasteiger partial charge is 0.332 e. The van der Waals surface area contributed by atoms with Crippen molar-refractivity contribution < 1.29 is 19.1 Å². The highest BCUT2D eigenvalue weighted by molar-refractivity contribution is 6.43. The molecule has 1 atom stereocenters. The maximum Gasteiger partial charge on any atom is 0.332 e. The molecular formula is C12H13ClO4. The van der Waals surface area contributed by atoms with Gasteiger partial charge in [0.25, 0.3) is 0 Å². The quantitative estimate of drug-likeness (QED) is 0.350. The van der Waals surface area contributed by atoms with Crippen LogP contribution in [0.5, 0.6) is 5.75 Å². The van der Waals surface area contributed by atoms with Crippen molar-refractivity contribution in [2.75, 3.05) is 13.7 Å². The molecule has 5 heteroatoms. The number of halogens is 1. The van der Waals surface area contributed by atoms with Gasteiger partial charge in [-0.2, -0.15) is 0 Å². The Bertz CT molecular complexity index is 417. The summed E-state index contributed by atoms with van der Waals surface area (Å²) in [5.41, 5.74) is 0.267. The highest BCUT2D eigenvalue weighted by Crippen LogP contribution is 2.21. The van der Waals surface area contributed by atoms with Crippen LogP contribution in [0.25, 0.3) is 0 Å². The summed E-state index contributed by atoms with van der Waals surface area (Å²) in [6.07, 6.45) is 0. The van der Waals surface area contributed by atoms with E-state index in [0.717, 1.165) is 0 Å². The van der Waals surface area contributed by atoms with E-state index in [1.807, 2.05) is 0 Å². The van der Waals surface area contributed by atoms with Gasteiger partial charge in [0.05, 0.1) is 19.3 Å². The molecule has 0 heterocycles. The predicted octanol–water partition coefficient (Wildman–Crippen LogP) is 2.05. The second kappa shape index (κ2) is 6.25. The SMILES string of the molecule is CCOC(=O)C(Cl)C(=O)c1ccccc1OC. The molecule has 0 aliphatic carbocycles. The normalized spacial score (nSPS) is 11.7. The number of hydrogen-bond donors (Lipinski definition) is 0. The third-order valence-electron chi connectivity index (χ3n) is 2.10. The second-order valence-corrected chi connectivity index (χ2v) is 3.62. The van der Waals surface area contributed by atoms with Crippen LogP contribution in [0.4, 0.5) is 0 Å². The molecular weight excluding hydrogens is 244 g/mol. The van der Waals surface area contributed by atoms with Gasteiger partial charge < -0.3 is 9.47 Å². The average molecular weight is 257 g/mol. The third-order valence-corrected chi connectivity index (χ3v) is 2.47. The molecule has 0 radical (unpaired) electrons. The van der Waals surface area contributed by atoms with Gasteiger partial charge in [-0.1, -0.05) is 12.1 Å². The first-order valence-electron chi connectivity index (χ1n) is 5.09. The average Bonchev–Trinajstić information content (AvgIpc) is 2.37. The molecule has 0 aliphatic rings. The Morgan fingerprint density at radius 1 is 1.35 bits per heavy atom. The zero-order valence-electron chi connectivity index (χ0n) is 9.60. The second-order valence-electron chi connectivity index (χ2n) is 3.18. The molecule has 0 aromatic heterocycles. The molecule has 1 unspecified atom stereocenters. The summed E-state index contributed by atoms with van der Waals surface area (Å²) in [5.74, 6) is -0.889. The summed E-state index contributed by atoms with van der Waals surface area (Å²) in [7, 11) is 1.44. The van der Waals surface area contributed by atoms with Gasteiger partial charge in [-0.25, -0.2) is 4.79 Å². The first-order chi connectivity index (χ1) is 8.11. The third kappa shape index (κ3) is 3.20. The number of ether oxygens (including phenoxy) is 2. The number of esters is 1. The van der Waals surface area contributed by atoms with Gasteiger partial charge in [-0.05, 0) is 19.1 Å². The maximum absolute atomic E-state index is 11.9. The number of rotatable bonds is 5. The van der Waals surface area contributed by atoms with Crippen molar-refractivity contribution in [2.24, 2.45) is 0 Å². The van der Waals surface area contributed by atoms with Crippen molar-refractivity contribution in [3.05, 3.63) is 29.8 Å². The fourth-order valence-electron chi connectivity index (χ4n) is 1.31. The number of Topliss-reactive ketones (excluding diaryl/α,β-unsaturated/α-hetero) is 1. The molecule has 0 aliphatic heterocycles. The number of alkyl halides is 1. The molecule has 0 N–H and O–H groups in total.